The molecule has 0 atom stereocenters. The molecule has 0 fully saturated rings. The molecule has 2 aromatic rings. The Morgan fingerprint density at radius 2 is 1.78 bits per heavy atom. The van der Waals surface area contributed by atoms with E-state index in [1.54, 1.807) is 0 Å². The van der Waals surface area contributed by atoms with Gasteiger partial charge in [-0.25, -0.2) is 4.83 Å². The topological polar surface area (TPSA) is 161 Å². The molecule has 0 aliphatic rings. The number of benzene rings is 2. The fraction of sp³-hybridized carbons (Fsp3) is 0.133. The third kappa shape index (κ3) is 4.36. The minimum atomic E-state index is -4.08. The fourth-order valence-electron chi connectivity index (χ4n) is 2.03. The first-order chi connectivity index (χ1) is 12.7. The summed E-state index contributed by atoms with van der Waals surface area (Å²) in [7, 11) is -1.34. The molecule has 0 saturated carbocycles. The van der Waals surface area contributed by atoms with Crippen LogP contribution in [0.1, 0.15) is 5.56 Å². The maximum Gasteiger partial charge on any atom is 0.311 e. The molecular formula is C15H15N3O8S. The molecule has 0 unspecified atom stereocenters. The van der Waals surface area contributed by atoms with E-state index in [1.807, 2.05) is 4.83 Å². The Hall–Kier alpha value is -3.54. The van der Waals surface area contributed by atoms with Gasteiger partial charge in [-0.1, -0.05) is 0 Å². The lowest BCUT2D eigenvalue weighted by molar-refractivity contribution is -0.385. The summed E-state index contributed by atoms with van der Waals surface area (Å²) in [5.74, 6) is -0.731. The number of phenolic OH excluding ortho intramolecular Hbond substituents is 2. The van der Waals surface area contributed by atoms with E-state index in [0.29, 0.717) is 5.75 Å². The Morgan fingerprint density at radius 1 is 1.11 bits per heavy atom. The number of rotatable bonds is 7. The van der Waals surface area contributed by atoms with Crippen molar-refractivity contribution in [1.82, 2.24) is 4.83 Å². The van der Waals surface area contributed by atoms with Crippen molar-refractivity contribution in [3.63, 3.8) is 0 Å². The number of nitro benzene ring substituents is 1. The summed E-state index contributed by atoms with van der Waals surface area (Å²) in [5, 5.41) is 33.4. The highest BCUT2D eigenvalue weighted by Crippen LogP contribution is 2.32. The van der Waals surface area contributed by atoms with E-state index >= 15 is 0 Å². The van der Waals surface area contributed by atoms with Gasteiger partial charge in [0.2, 0.25) is 0 Å². The van der Waals surface area contributed by atoms with Gasteiger partial charge in [-0.15, -0.1) is 0 Å². The Kier molecular flexibility index (Phi) is 5.70. The van der Waals surface area contributed by atoms with Crippen molar-refractivity contribution >= 4 is 21.9 Å². The number of nitro groups is 1. The first-order valence-electron chi connectivity index (χ1n) is 7.17. The van der Waals surface area contributed by atoms with Crippen molar-refractivity contribution in [1.29, 1.82) is 0 Å². The quantitative estimate of drug-likeness (QED) is 0.358. The maximum atomic E-state index is 12.3. The minimum Gasteiger partial charge on any atom is -0.507 e. The van der Waals surface area contributed by atoms with Gasteiger partial charge >= 0.3 is 5.69 Å². The number of hydrogen-bond donors (Lipinski definition) is 3. The Morgan fingerprint density at radius 3 is 2.37 bits per heavy atom. The molecule has 0 aromatic heterocycles. The van der Waals surface area contributed by atoms with Crippen LogP contribution in [-0.2, 0) is 10.0 Å². The second-order valence-electron chi connectivity index (χ2n) is 5.03. The summed E-state index contributed by atoms with van der Waals surface area (Å²) < 4.78 is 34.6. The number of sulfonamides is 1. The molecule has 0 bridgehead atoms. The SMILES string of the molecule is COc1ccc(S(=O)(=O)N/N=C/c2cc([N+](=O)[O-])c(O)cc2O)cc1OC. The third-order valence-corrected chi connectivity index (χ3v) is 4.58. The molecule has 0 amide bonds. The number of aromatic hydroxyl groups is 2. The summed E-state index contributed by atoms with van der Waals surface area (Å²) >= 11 is 0. The second kappa shape index (κ2) is 7.78. The zero-order valence-corrected chi connectivity index (χ0v) is 14.9. The molecule has 0 radical (unpaired) electrons. The van der Waals surface area contributed by atoms with Crippen LogP contribution in [0.5, 0.6) is 23.0 Å². The lowest BCUT2D eigenvalue weighted by atomic mass is 10.2. The predicted octanol–water partition coefficient (Wildman–Crippen LogP) is 1.34. The van der Waals surface area contributed by atoms with Crippen molar-refractivity contribution in [3.8, 4) is 23.0 Å². The van der Waals surface area contributed by atoms with Gasteiger partial charge in [0.05, 0.1) is 30.3 Å². The molecule has 27 heavy (non-hydrogen) atoms. The van der Waals surface area contributed by atoms with Gasteiger partial charge in [0.25, 0.3) is 10.0 Å². The van der Waals surface area contributed by atoms with E-state index in [0.717, 1.165) is 18.3 Å². The normalized spacial score (nSPS) is 11.3. The molecule has 0 spiro atoms. The smallest absolute Gasteiger partial charge is 0.311 e. The largest absolute Gasteiger partial charge is 0.507 e. The number of hydrazone groups is 1. The van der Waals surface area contributed by atoms with E-state index in [2.05, 4.69) is 5.10 Å². The molecular weight excluding hydrogens is 382 g/mol. The Balaban J connectivity index is 2.27. The van der Waals surface area contributed by atoms with Crippen LogP contribution >= 0.6 is 0 Å². The standard InChI is InChI=1S/C15H15N3O8S/c1-25-14-4-3-10(6-15(14)26-2)27(23,24)17-16-8-9-5-11(18(21)22)13(20)7-12(9)19/h3-8,17,19-20H,1-2H3/b16-8+. The molecule has 2 rings (SSSR count). The average molecular weight is 397 g/mol. The molecule has 0 saturated heterocycles. The number of nitrogens with one attached hydrogen (secondary N) is 1. The van der Waals surface area contributed by atoms with E-state index in [1.165, 1.54) is 32.4 Å². The summed E-state index contributed by atoms with van der Waals surface area (Å²) in [6, 6.07) is 5.48. The van der Waals surface area contributed by atoms with Gasteiger partial charge in [-0.05, 0) is 12.1 Å². The number of methoxy groups -OCH3 is 2. The van der Waals surface area contributed by atoms with Crippen molar-refractivity contribution < 1.29 is 33.0 Å². The van der Waals surface area contributed by atoms with Crippen LogP contribution in [0, 0.1) is 10.1 Å². The van der Waals surface area contributed by atoms with Gasteiger partial charge in [0.1, 0.15) is 5.75 Å². The summed E-state index contributed by atoms with van der Waals surface area (Å²) in [4.78, 5) is 11.7. The zero-order valence-electron chi connectivity index (χ0n) is 14.1. The van der Waals surface area contributed by atoms with Crippen molar-refractivity contribution in [3.05, 3.63) is 46.0 Å². The van der Waals surface area contributed by atoms with Crippen LogP contribution in [0.25, 0.3) is 0 Å². The third-order valence-electron chi connectivity index (χ3n) is 3.36. The molecule has 0 heterocycles. The summed E-state index contributed by atoms with van der Waals surface area (Å²) in [5.41, 5.74) is -0.841. The molecule has 0 aliphatic heterocycles. The second-order valence-corrected chi connectivity index (χ2v) is 6.69. The van der Waals surface area contributed by atoms with Crippen molar-refractivity contribution in [2.75, 3.05) is 14.2 Å². The molecule has 0 aliphatic carbocycles. The van der Waals surface area contributed by atoms with Crippen LogP contribution in [0.4, 0.5) is 5.69 Å². The van der Waals surface area contributed by atoms with Crippen molar-refractivity contribution in [2.24, 2.45) is 5.10 Å². The van der Waals surface area contributed by atoms with Crippen LogP contribution in [0.2, 0.25) is 0 Å². The summed E-state index contributed by atoms with van der Waals surface area (Å²) in [6.07, 6.45) is 0.861. The highest BCUT2D eigenvalue weighted by molar-refractivity contribution is 7.89. The van der Waals surface area contributed by atoms with E-state index in [4.69, 9.17) is 9.47 Å². The molecule has 3 N–H and O–H groups in total. The molecule has 11 nitrogen and oxygen atoms in total. The monoisotopic (exact) mass is 397 g/mol. The van der Waals surface area contributed by atoms with Gasteiger partial charge in [-0.3, -0.25) is 10.1 Å². The van der Waals surface area contributed by atoms with Crippen LogP contribution in [-0.4, -0.2) is 44.0 Å². The van der Waals surface area contributed by atoms with Crippen LogP contribution in [0.15, 0.2) is 40.3 Å². The van der Waals surface area contributed by atoms with Gasteiger partial charge in [0.15, 0.2) is 17.2 Å². The zero-order chi connectivity index (χ0) is 20.2. The molecule has 2 aromatic carbocycles. The van der Waals surface area contributed by atoms with Crippen LogP contribution < -0.4 is 14.3 Å². The average Bonchev–Trinajstić information content (AvgIpc) is 2.62. The Labute approximate surface area is 153 Å². The highest BCUT2D eigenvalue weighted by atomic mass is 32.2. The van der Waals surface area contributed by atoms with Crippen molar-refractivity contribution in [2.45, 2.75) is 4.90 Å². The number of phenols is 2. The number of hydrogen-bond acceptors (Lipinski definition) is 9. The molecule has 12 heteroatoms. The fourth-order valence-corrected chi connectivity index (χ4v) is 2.84. The predicted molar refractivity (Wildman–Crippen MR) is 93.9 cm³/mol. The lowest BCUT2D eigenvalue weighted by Crippen LogP contribution is -2.18. The Bertz CT molecular complexity index is 1000. The highest BCUT2D eigenvalue weighted by Gasteiger charge is 2.18. The lowest BCUT2D eigenvalue weighted by Gasteiger charge is -2.09. The summed E-state index contributed by atoms with van der Waals surface area (Å²) in [6.45, 7) is 0. The van der Waals surface area contributed by atoms with Gasteiger partial charge in [0, 0.05) is 23.8 Å². The van der Waals surface area contributed by atoms with Gasteiger partial charge < -0.3 is 19.7 Å². The molecule has 144 valence electrons. The maximum absolute atomic E-state index is 12.3. The first-order valence-corrected chi connectivity index (χ1v) is 8.65. The van der Waals surface area contributed by atoms with E-state index in [-0.39, 0.29) is 16.2 Å². The van der Waals surface area contributed by atoms with Gasteiger partial charge in [-0.2, -0.15) is 13.5 Å². The number of nitrogens with zero attached hydrogens (tertiary/aromatic N) is 2. The van der Waals surface area contributed by atoms with E-state index < -0.39 is 32.1 Å². The number of ether oxygens (including phenoxy) is 2. The minimum absolute atomic E-state index is 0.168. The van der Waals surface area contributed by atoms with E-state index in [9.17, 15) is 28.7 Å². The van der Waals surface area contributed by atoms with Crippen LogP contribution in [0.3, 0.4) is 0 Å². The first kappa shape index (κ1) is 19.8.